The van der Waals surface area contributed by atoms with Crippen molar-refractivity contribution in [2.24, 2.45) is 5.92 Å². The monoisotopic (exact) mass is 406 g/mol. The zero-order valence-electron chi connectivity index (χ0n) is 18.3. The van der Waals surface area contributed by atoms with E-state index < -0.39 is 0 Å². The predicted octanol–water partition coefficient (Wildman–Crippen LogP) is 4.01. The van der Waals surface area contributed by atoms with Gasteiger partial charge in [-0.3, -0.25) is 14.3 Å². The summed E-state index contributed by atoms with van der Waals surface area (Å²) in [7, 11) is 1.69. The van der Waals surface area contributed by atoms with Gasteiger partial charge >= 0.3 is 0 Å². The summed E-state index contributed by atoms with van der Waals surface area (Å²) in [6.45, 7) is 8.88. The highest BCUT2D eigenvalue weighted by Gasteiger charge is 2.22. The second-order valence-electron chi connectivity index (χ2n) is 9.16. The van der Waals surface area contributed by atoms with Gasteiger partial charge in [0.1, 0.15) is 5.75 Å². The number of fused-ring (bicyclic) bond motifs is 1. The maximum Gasteiger partial charge on any atom is 0.253 e. The SMILES string of the molecule is COc1ccc2nccc(N3CCC(Cn4cnc(C(C)(C)C)cc4=O)CC3)c2c1. The van der Waals surface area contributed by atoms with Gasteiger partial charge < -0.3 is 9.64 Å². The van der Waals surface area contributed by atoms with Crippen molar-refractivity contribution in [2.45, 2.75) is 45.6 Å². The van der Waals surface area contributed by atoms with E-state index in [1.165, 1.54) is 5.69 Å². The van der Waals surface area contributed by atoms with Crippen LogP contribution in [0.4, 0.5) is 5.69 Å². The highest BCUT2D eigenvalue weighted by Crippen LogP contribution is 2.31. The molecule has 1 aliphatic heterocycles. The largest absolute Gasteiger partial charge is 0.497 e. The number of methoxy groups -OCH3 is 1. The van der Waals surface area contributed by atoms with Crippen molar-refractivity contribution in [1.82, 2.24) is 14.5 Å². The van der Waals surface area contributed by atoms with E-state index in [2.05, 4.69) is 47.8 Å². The number of benzene rings is 1. The smallest absolute Gasteiger partial charge is 0.253 e. The van der Waals surface area contributed by atoms with Crippen LogP contribution in [0.1, 0.15) is 39.3 Å². The van der Waals surface area contributed by atoms with Gasteiger partial charge in [0.05, 0.1) is 24.6 Å². The first-order valence-corrected chi connectivity index (χ1v) is 10.6. The number of piperidine rings is 1. The zero-order valence-corrected chi connectivity index (χ0v) is 18.3. The molecule has 158 valence electrons. The maximum atomic E-state index is 12.5. The Kier molecular flexibility index (Phi) is 5.50. The minimum absolute atomic E-state index is 0.0459. The lowest BCUT2D eigenvalue weighted by atomic mass is 9.92. The molecule has 0 saturated carbocycles. The Bertz CT molecular complexity index is 1090. The average Bonchev–Trinajstić information content (AvgIpc) is 2.74. The van der Waals surface area contributed by atoms with E-state index in [0.29, 0.717) is 5.92 Å². The predicted molar refractivity (Wildman–Crippen MR) is 120 cm³/mol. The molecule has 4 rings (SSSR count). The number of ether oxygens (including phenoxy) is 1. The molecule has 2 aromatic heterocycles. The molecule has 1 aromatic carbocycles. The lowest BCUT2D eigenvalue weighted by molar-refractivity contribution is 0.350. The van der Waals surface area contributed by atoms with E-state index in [1.54, 1.807) is 24.1 Å². The van der Waals surface area contributed by atoms with Crippen LogP contribution in [0.5, 0.6) is 5.75 Å². The van der Waals surface area contributed by atoms with E-state index in [-0.39, 0.29) is 11.0 Å². The zero-order chi connectivity index (χ0) is 21.3. The van der Waals surface area contributed by atoms with Gasteiger partial charge in [0.2, 0.25) is 0 Å². The van der Waals surface area contributed by atoms with Crippen molar-refractivity contribution in [3.05, 3.63) is 58.9 Å². The fraction of sp³-hybridized carbons (Fsp3) is 0.458. The van der Waals surface area contributed by atoms with Crippen LogP contribution in [0.2, 0.25) is 0 Å². The molecule has 0 N–H and O–H groups in total. The van der Waals surface area contributed by atoms with E-state index in [0.717, 1.165) is 54.8 Å². The molecule has 0 radical (unpaired) electrons. The fourth-order valence-electron chi connectivity index (χ4n) is 4.12. The Morgan fingerprint density at radius 3 is 2.53 bits per heavy atom. The summed E-state index contributed by atoms with van der Waals surface area (Å²) < 4.78 is 7.17. The van der Waals surface area contributed by atoms with Crippen molar-refractivity contribution in [2.75, 3.05) is 25.1 Å². The second-order valence-corrected chi connectivity index (χ2v) is 9.16. The van der Waals surface area contributed by atoms with Crippen LogP contribution < -0.4 is 15.2 Å². The lowest BCUT2D eigenvalue weighted by Gasteiger charge is -2.34. The first kappa shape index (κ1) is 20.4. The van der Waals surface area contributed by atoms with Gasteiger partial charge in [0.25, 0.3) is 5.56 Å². The van der Waals surface area contributed by atoms with E-state index >= 15 is 0 Å². The van der Waals surface area contributed by atoms with Crippen LogP contribution >= 0.6 is 0 Å². The maximum absolute atomic E-state index is 12.5. The Morgan fingerprint density at radius 1 is 1.10 bits per heavy atom. The summed E-state index contributed by atoms with van der Waals surface area (Å²) in [5.41, 5.74) is 2.96. The third-order valence-corrected chi connectivity index (χ3v) is 5.98. The van der Waals surface area contributed by atoms with Crippen LogP contribution in [-0.4, -0.2) is 34.7 Å². The molecule has 0 spiro atoms. The minimum Gasteiger partial charge on any atom is -0.497 e. The first-order chi connectivity index (χ1) is 14.3. The molecule has 6 nitrogen and oxygen atoms in total. The summed E-state index contributed by atoms with van der Waals surface area (Å²) in [6, 6.07) is 9.78. The van der Waals surface area contributed by atoms with Crippen LogP contribution in [0.25, 0.3) is 10.9 Å². The highest BCUT2D eigenvalue weighted by molar-refractivity contribution is 5.92. The molecule has 0 aliphatic carbocycles. The van der Waals surface area contributed by atoms with Gasteiger partial charge in [-0.2, -0.15) is 0 Å². The standard InChI is InChI=1S/C24H30N4O2/c1-24(2,3)22-14-23(29)28(16-26-22)15-17-8-11-27(12-9-17)21-7-10-25-20-6-5-18(30-4)13-19(20)21/h5-7,10,13-14,16-17H,8-9,11-12,15H2,1-4H3. The quantitative estimate of drug-likeness (QED) is 0.655. The third-order valence-electron chi connectivity index (χ3n) is 5.98. The van der Waals surface area contributed by atoms with Crippen LogP contribution in [-0.2, 0) is 12.0 Å². The Labute approximate surface area is 177 Å². The number of nitrogens with zero attached hydrogens (tertiary/aromatic N) is 4. The molecule has 3 heterocycles. The topological polar surface area (TPSA) is 60.2 Å². The fourth-order valence-corrected chi connectivity index (χ4v) is 4.12. The molecule has 1 saturated heterocycles. The molecule has 30 heavy (non-hydrogen) atoms. The van der Waals surface area contributed by atoms with Crippen LogP contribution in [0.3, 0.4) is 0 Å². The normalized spacial score (nSPS) is 15.5. The molecular formula is C24H30N4O2. The van der Waals surface area contributed by atoms with Gasteiger partial charge in [0.15, 0.2) is 0 Å². The summed E-state index contributed by atoms with van der Waals surface area (Å²) in [5.74, 6) is 1.32. The number of hydrogen-bond donors (Lipinski definition) is 0. The molecule has 0 unspecified atom stereocenters. The molecule has 0 amide bonds. The van der Waals surface area contributed by atoms with Crippen molar-refractivity contribution in [1.29, 1.82) is 0 Å². The number of anilines is 1. The highest BCUT2D eigenvalue weighted by atomic mass is 16.5. The summed E-state index contributed by atoms with van der Waals surface area (Å²) in [5, 5.41) is 1.12. The molecule has 1 fully saturated rings. The van der Waals surface area contributed by atoms with Crippen LogP contribution in [0.15, 0.2) is 47.7 Å². The number of rotatable bonds is 4. The number of pyridine rings is 1. The lowest BCUT2D eigenvalue weighted by Crippen LogP contribution is -2.36. The molecule has 0 bridgehead atoms. The number of aromatic nitrogens is 3. The van der Waals surface area contributed by atoms with Gasteiger partial charge in [-0.05, 0) is 43.0 Å². The van der Waals surface area contributed by atoms with Crippen molar-refractivity contribution >= 4 is 16.6 Å². The summed E-state index contributed by atoms with van der Waals surface area (Å²) >= 11 is 0. The van der Waals surface area contributed by atoms with Gasteiger partial charge in [-0.25, -0.2) is 4.98 Å². The van der Waals surface area contributed by atoms with Crippen molar-refractivity contribution < 1.29 is 4.74 Å². The summed E-state index contributed by atoms with van der Waals surface area (Å²) in [6.07, 6.45) is 5.68. The minimum atomic E-state index is -0.112. The Morgan fingerprint density at radius 2 is 1.87 bits per heavy atom. The van der Waals surface area contributed by atoms with E-state index in [1.807, 2.05) is 18.3 Å². The Hall–Kier alpha value is -2.89. The molecule has 1 aliphatic rings. The first-order valence-electron chi connectivity index (χ1n) is 10.6. The Balaban J connectivity index is 1.46. The van der Waals surface area contributed by atoms with Crippen LogP contribution in [0, 0.1) is 5.92 Å². The molecular weight excluding hydrogens is 376 g/mol. The average molecular weight is 407 g/mol. The van der Waals surface area contributed by atoms with Crippen molar-refractivity contribution in [3.63, 3.8) is 0 Å². The molecule has 6 heteroatoms. The van der Waals surface area contributed by atoms with Crippen molar-refractivity contribution in [3.8, 4) is 5.75 Å². The summed E-state index contributed by atoms with van der Waals surface area (Å²) in [4.78, 5) is 24.0. The molecule has 3 aromatic rings. The second kappa shape index (κ2) is 8.09. The number of hydrogen-bond acceptors (Lipinski definition) is 5. The third kappa shape index (κ3) is 4.18. The van der Waals surface area contributed by atoms with Gasteiger partial charge in [0, 0.05) is 48.4 Å². The van der Waals surface area contributed by atoms with Gasteiger partial charge in [-0.1, -0.05) is 20.8 Å². The van der Waals surface area contributed by atoms with E-state index in [4.69, 9.17) is 4.74 Å². The molecule has 0 atom stereocenters. The van der Waals surface area contributed by atoms with Gasteiger partial charge in [-0.15, -0.1) is 0 Å². The van der Waals surface area contributed by atoms with E-state index in [9.17, 15) is 4.79 Å².